The van der Waals surface area contributed by atoms with Crippen molar-refractivity contribution in [3.05, 3.63) is 47.7 Å². The highest BCUT2D eigenvalue weighted by Gasteiger charge is 2.60. The maximum atomic E-state index is 14.0. The molecule has 1 amide bonds. The number of rotatable bonds is 4. The number of oxime groups is 1. The van der Waals surface area contributed by atoms with Crippen molar-refractivity contribution in [2.45, 2.75) is 65.2 Å². The molecule has 182 valence electrons. The zero-order chi connectivity index (χ0) is 24.1. The number of fused-ring (bicyclic) bond motifs is 5. The van der Waals surface area contributed by atoms with Crippen molar-refractivity contribution < 1.29 is 18.8 Å². The minimum absolute atomic E-state index is 0.0304. The van der Waals surface area contributed by atoms with E-state index in [4.69, 9.17) is 0 Å². The van der Waals surface area contributed by atoms with Gasteiger partial charge in [0, 0.05) is 18.0 Å². The summed E-state index contributed by atoms with van der Waals surface area (Å²) in [6.45, 7) is 4.52. The average molecular weight is 470 g/mol. The number of carbonyl (C=O) groups excluding carboxylic acids is 1. The summed E-state index contributed by atoms with van der Waals surface area (Å²) in [5, 5.41) is 16.2. The lowest BCUT2D eigenvalue weighted by molar-refractivity contribution is -0.116. The molecule has 0 aliphatic heterocycles. The molecular weight excluding hydrogens is 436 g/mol. The van der Waals surface area contributed by atoms with Crippen molar-refractivity contribution in [3.8, 4) is 0 Å². The molecule has 5 rings (SSSR count). The molecule has 4 aliphatic carbocycles. The number of carbonyl (C=O) groups is 1. The van der Waals surface area contributed by atoms with Gasteiger partial charge in [-0.25, -0.2) is 13.8 Å². The number of anilines is 1. The van der Waals surface area contributed by atoms with Gasteiger partial charge in [0.1, 0.15) is 5.83 Å². The summed E-state index contributed by atoms with van der Waals surface area (Å²) < 4.78 is 27.9. The van der Waals surface area contributed by atoms with Gasteiger partial charge >= 0.3 is 0 Å². The van der Waals surface area contributed by atoms with Gasteiger partial charge in [0.2, 0.25) is 5.91 Å². The summed E-state index contributed by atoms with van der Waals surface area (Å²) in [6, 6.07) is 2.76. The third-order valence-electron chi connectivity index (χ3n) is 9.52. The topological polar surface area (TPSA) is 74.6 Å². The number of hydrogen-bond acceptors (Lipinski definition) is 4. The largest absolute Gasteiger partial charge is 0.411 e. The second-order valence-corrected chi connectivity index (χ2v) is 11.1. The smallest absolute Gasteiger partial charge is 0.225 e. The van der Waals surface area contributed by atoms with Gasteiger partial charge in [-0.05, 0) is 98.3 Å². The van der Waals surface area contributed by atoms with Crippen molar-refractivity contribution in [1.82, 2.24) is 4.98 Å². The zero-order valence-corrected chi connectivity index (χ0v) is 19.9. The standard InChI is InChI=1S/C27H33F2N3O2/c1-26-11-9-18(28)15-17(26)6-7-19-20(26)10-12-27(2)22(32-34)14-16(24(19)27)5-8-23(33)31-25-21(29)4-3-13-30-25/h3-4,9,13,15-16,19-20,24,34H,5-8,10-12,14H2,1-2H3,(H,30,31,33)/b32-22-/t16-,19?,20?,24?,26?,27-/m1/s1. The van der Waals surface area contributed by atoms with E-state index in [0.717, 1.165) is 37.8 Å². The maximum Gasteiger partial charge on any atom is 0.225 e. The minimum atomic E-state index is -0.550. The Morgan fingerprint density at radius 3 is 2.88 bits per heavy atom. The molecule has 1 heterocycles. The number of pyridine rings is 1. The molecule has 2 N–H and O–H groups in total. The third-order valence-corrected chi connectivity index (χ3v) is 9.52. The fourth-order valence-corrected chi connectivity index (χ4v) is 7.87. The Kier molecular flexibility index (Phi) is 5.85. The fourth-order valence-electron chi connectivity index (χ4n) is 7.87. The lowest BCUT2D eigenvalue weighted by atomic mass is 9.47. The van der Waals surface area contributed by atoms with E-state index in [2.05, 4.69) is 29.3 Å². The lowest BCUT2D eigenvalue weighted by Gasteiger charge is -2.57. The van der Waals surface area contributed by atoms with Gasteiger partial charge < -0.3 is 10.5 Å². The first-order valence-corrected chi connectivity index (χ1v) is 12.4. The van der Waals surface area contributed by atoms with Crippen molar-refractivity contribution in [2.24, 2.45) is 39.7 Å². The summed E-state index contributed by atoms with van der Waals surface area (Å²) >= 11 is 0. The van der Waals surface area contributed by atoms with E-state index in [1.54, 1.807) is 12.2 Å². The van der Waals surface area contributed by atoms with Crippen LogP contribution in [-0.4, -0.2) is 21.8 Å². The molecule has 3 fully saturated rings. The molecule has 4 unspecified atom stereocenters. The average Bonchev–Trinajstić information content (AvgIpc) is 3.11. The van der Waals surface area contributed by atoms with E-state index in [1.165, 1.54) is 23.9 Å². The van der Waals surface area contributed by atoms with E-state index in [-0.39, 0.29) is 40.7 Å². The van der Waals surface area contributed by atoms with Gasteiger partial charge in [-0.1, -0.05) is 24.6 Å². The predicted octanol–water partition coefficient (Wildman–Crippen LogP) is 6.42. The van der Waals surface area contributed by atoms with E-state index >= 15 is 0 Å². The van der Waals surface area contributed by atoms with Crippen LogP contribution in [0.15, 0.2) is 47.0 Å². The first-order chi connectivity index (χ1) is 16.3. The fraction of sp³-hybridized carbons (Fsp3) is 0.593. The summed E-state index contributed by atoms with van der Waals surface area (Å²) in [4.78, 5) is 16.5. The molecule has 0 bridgehead atoms. The molecule has 3 saturated carbocycles. The molecule has 0 radical (unpaired) electrons. The van der Waals surface area contributed by atoms with Crippen molar-refractivity contribution in [3.63, 3.8) is 0 Å². The Balaban J connectivity index is 1.36. The third kappa shape index (κ3) is 3.68. The number of allylic oxidation sites excluding steroid dienone is 4. The van der Waals surface area contributed by atoms with E-state index in [1.807, 2.05) is 0 Å². The van der Waals surface area contributed by atoms with Crippen LogP contribution in [0, 0.1) is 40.3 Å². The van der Waals surface area contributed by atoms with Crippen LogP contribution in [0.3, 0.4) is 0 Å². The molecule has 1 aromatic rings. The van der Waals surface area contributed by atoms with Gasteiger partial charge in [-0.2, -0.15) is 0 Å². The van der Waals surface area contributed by atoms with Crippen LogP contribution in [0.25, 0.3) is 0 Å². The molecule has 0 aromatic carbocycles. The zero-order valence-electron chi connectivity index (χ0n) is 19.9. The van der Waals surface area contributed by atoms with Crippen LogP contribution in [0.2, 0.25) is 0 Å². The maximum absolute atomic E-state index is 14.0. The lowest BCUT2D eigenvalue weighted by Crippen LogP contribution is -2.51. The number of hydrogen-bond donors (Lipinski definition) is 2. The monoisotopic (exact) mass is 469 g/mol. The van der Waals surface area contributed by atoms with Crippen LogP contribution in [0.5, 0.6) is 0 Å². The summed E-state index contributed by atoms with van der Waals surface area (Å²) in [6.07, 6.45) is 11.1. The van der Waals surface area contributed by atoms with Gasteiger partial charge in [-0.3, -0.25) is 4.79 Å². The van der Waals surface area contributed by atoms with E-state index < -0.39 is 5.82 Å². The number of amides is 1. The molecule has 6 atom stereocenters. The Labute approximate surface area is 199 Å². The second kappa shape index (κ2) is 8.58. The Morgan fingerprint density at radius 2 is 2.12 bits per heavy atom. The molecule has 0 saturated heterocycles. The van der Waals surface area contributed by atoms with Crippen LogP contribution in [-0.2, 0) is 4.79 Å². The van der Waals surface area contributed by atoms with E-state index in [0.29, 0.717) is 30.6 Å². The first kappa shape index (κ1) is 23.2. The predicted molar refractivity (Wildman–Crippen MR) is 126 cm³/mol. The highest BCUT2D eigenvalue weighted by atomic mass is 19.1. The van der Waals surface area contributed by atoms with E-state index in [9.17, 15) is 18.8 Å². The summed E-state index contributed by atoms with van der Waals surface area (Å²) in [5.74, 6) is 0.453. The molecule has 7 heteroatoms. The Bertz CT molecular complexity index is 1080. The highest BCUT2D eigenvalue weighted by molar-refractivity contribution is 5.93. The molecule has 34 heavy (non-hydrogen) atoms. The van der Waals surface area contributed by atoms with Crippen molar-refractivity contribution in [2.75, 3.05) is 5.32 Å². The van der Waals surface area contributed by atoms with Crippen LogP contribution in [0.4, 0.5) is 14.6 Å². The normalized spacial score (nSPS) is 37.8. The summed E-state index contributed by atoms with van der Waals surface area (Å²) in [5.41, 5.74) is 1.87. The SMILES string of the molecule is CC12CC=C(F)C=C1CCC1C2CC[C@]2(C)/C(=N\O)C[C@@H](CCC(=O)Nc3ncccc3F)C12. The van der Waals surface area contributed by atoms with Gasteiger partial charge in [0.05, 0.1) is 5.71 Å². The molecular formula is C27H33F2N3O2. The number of nitrogens with zero attached hydrogens (tertiary/aromatic N) is 2. The van der Waals surface area contributed by atoms with Crippen molar-refractivity contribution >= 4 is 17.4 Å². The van der Waals surface area contributed by atoms with Crippen LogP contribution in [0.1, 0.15) is 65.2 Å². The molecule has 1 aromatic heterocycles. The molecule has 4 aliphatic rings. The minimum Gasteiger partial charge on any atom is -0.411 e. The number of halogens is 2. The Morgan fingerprint density at radius 1 is 1.29 bits per heavy atom. The van der Waals surface area contributed by atoms with Crippen LogP contribution < -0.4 is 5.32 Å². The van der Waals surface area contributed by atoms with Crippen molar-refractivity contribution in [1.29, 1.82) is 0 Å². The highest BCUT2D eigenvalue weighted by Crippen LogP contribution is 2.66. The van der Waals surface area contributed by atoms with Crippen LogP contribution >= 0.6 is 0 Å². The Hall–Kier alpha value is -2.57. The van der Waals surface area contributed by atoms with Gasteiger partial charge in [0.15, 0.2) is 11.6 Å². The van der Waals surface area contributed by atoms with Gasteiger partial charge in [0.25, 0.3) is 0 Å². The van der Waals surface area contributed by atoms with Gasteiger partial charge in [-0.15, -0.1) is 0 Å². The quantitative estimate of drug-likeness (QED) is 0.395. The number of nitrogens with one attached hydrogen (secondary N) is 1. The summed E-state index contributed by atoms with van der Waals surface area (Å²) in [7, 11) is 0. The second-order valence-electron chi connectivity index (χ2n) is 11.1. The molecule has 5 nitrogen and oxygen atoms in total. The molecule has 0 spiro atoms. The number of aromatic nitrogens is 1. The first-order valence-electron chi connectivity index (χ1n) is 12.4.